The van der Waals surface area contributed by atoms with E-state index in [0.29, 0.717) is 5.39 Å². The molecular weight excluding hydrogens is 306 g/mol. The highest BCUT2D eigenvalue weighted by Gasteiger charge is 2.41. The van der Waals surface area contributed by atoms with Crippen LogP contribution < -0.4 is 4.74 Å². The lowest BCUT2D eigenvalue weighted by Gasteiger charge is -2.20. The molecule has 1 atom stereocenters. The summed E-state index contributed by atoms with van der Waals surface area (Å²) in [5.41, 5.74) is -2.74. The number of aliphatic hydroxyl groups is 1. The van der Waals surface area contributed by atoms with Crippen molar-refractivity contribution in [3.05, 3.63) is 36.5 Å². The molecule has 0 aliphatic heterocycles. The Morgan fingerprint density at radius 3 is 2.43 bits per heavy atom. The maximum Gasteiger partial charge on any atom is 0.336 e. The van der Waals surface area contributed by atoms with E-state index in [-0.39, 0.29) is 5.88 Å². The van der Waals surface area contributed by atoms with Gasteiger partial charge in [-0.2, -0.15) is 0 Å². The summed E-state index contributed by atoms with van der Waals surface area (Å²) in [5.74, 6) is -4.51. The first kappa shape index (κ1) is 16.4. The van der Waals surface area contributed by atoms with Crippen molar-refractivity contribution in [2.24, 2.45) is 0 Å². The fourth-order valence-corrected chi connectivity index (χ4v) is 2.02. The number of aliphatic carboxylic acids is 2. The van der Waals surface area contributed by atoms with Gasteiger partial charge >= 0.3 is 17.9 Å². The average molecular weight is 319 g/mol. The number of benzene rings is 1. The van der Waals surface area contributed by atoms with Crippen molar-refractivity contribution in [3.8, 4) is 5.88 Å². The van der Waals surface area contributed by atoms with Crippen molar-refractivity contribution < 1.29 is 34.4 Å². The number of rotatable bonds is 6. The molecule has 8 heteroatoms. The maximum atomic E-state index is 11.9. The third-order valence-corrected chi connectivity index (χ3v) is 3.13. The van der Waals surface area contributed by atoms with Crippen LogP contribution in [0.1, 0.15) is 12.8 Å². The predicted molar refractivity (Wildman–Crippen MR) is 76.8 cm³/mol. The molecule has 0 saturated heterocycles. The molecule has 1 heterocycles. The van der Waals surface area contributed by atoms with Gasteiger partial charge < -0.3 is 20.1 Å². The molecule has 2 aromatic rings. The Morgan fingerprint density at radius 1 is 1.09 bits per heavy atom. The van der Waals surface area contributed by atoms with Gasteiger partial charge in [-0.3, -0.25) is 9.59 Å². The number of pyridine rings is 1. The molecule has 0 amide bonds. The predicted octanol–water partition coefficient (Wildman–Crippen LogP) is 0.821. The highest BCUT2D eigenvalue weighted by molar-refractivity contribution is 5.91. The summed E-state index contributed by atoms with van der Waals surface area (Å²) in [5, 5.41) is 28.7. The summed E-state index contributed by atoms with van der Waals surface area (Å²) in [6.07, 6.45) is -0.731. The molecule has 23 heavy (non-hydrogen) atoms. The summed E-state index contributed by atoms with van der Waals surface area (Å²) in [6.45, 7) is 0. The van der Waals surface area contributed by atoms with Crippen LogP contribution in [0.15, 0.2) is 36.5 Å². The second-order valence-corrected chi connectivity index (χ2v) is 4.90. The second kappa shape index (κ2) is 6.41. The summed E-state index contributed by atoms with van der Waals surface area (Å²) in [6, 6.07) is 8.62. The molecule has 3 N–H and O–H groups in total. The second-order valence-electron chi connectivity index (χ2n) is 4.90. The Kier molecular flexibility index (Phi) is 4.56. The van der Waals surface area contributed by atoms with Gasteiger partial charge in [0.25, 0.3) is 0 Å². The molecule has 0 bridgehead atoms. The topological polar surface area (TPSA) is 134 Å². The Bertz CT molecular complexity index is 768. The fourth-order valence-electron chi connectivity index (χ4n) is 2.02. The number of carboxylic acids is 2. The van der Waals surface area contributed by atoms with E-state index in [1.807, 2.05) is 0 Å². The number of hydrogen-bond acceptors (Lipinski definition) is 6. The van der Waals surface area contributed by atoms with Gasteiger partial charge in [0.05, 0.1) is 12.8 Å². The van der Waals surface area contributed by atoms with Gasteiger partial charge in [-0.1, -0.05) is 18.2 Å². The normalized spacial score (nSPS) is 13.3. The van der Waals surface area contributed by atoms with E-state index < -0.39 is 36.4 Å². The fraction of sp³-hybridized carbons (Fsp3) is 0.200. The average Bonchev–Trinajstić information content (AvgIpc) is 2.46. The molecule has 0 fully saturated rings. The molecule has 120 valence electrons. The zero-order valence-electron chi connectivity index (χ0n) is 11.8. The Labute approximate surface area is 130 Å². The van der Waals surface area contributed by atoms with Crippen molar-refractivity contribution in [1.29, 1.82) is 0 Å². The lowest BCUT2D eigenvalue weighted by molar-refractivity contribution is -0.169. The van der Waals surface area contributed by atoms with E-state index >= 15 is 0 Å². The van der Waals surface area contributed by atoms with Crippen LogP contribution >= 0.6 is 0 Å². The monoisotopic (exact) mass is 319 g/mol. The number of aromatic nitrogens is 1. The Hall–Kier alpha value is -3.00. The van der Waals surface area contributed by atoms with Crippen molar-refractivity contribution in [3.63, 3.8) is 0 Å². The van der Waals surface area contributed by atoms with E-state index in [1.54, 1.807) is 30.3 Å². The van der Waals surface area contributed by atoms with Crippen LogP contribution in [-0.4, -0.2) is 43.8 Å². The van der Waals surface area contributed by atoms with Crippen LogP contribution in [0.4, 0.5) is 0 Å². The lowest BCUT2D eigenvalue weighted by atomic mass is 9.96. The van der Waals surface area contributed by atoms with Crippen molar-refractivity contribution in [1.82, 2.24) is 4.98 Å². The third-order valence-electron chi connectivity index (χ3n) is 3.13. The number of fused-ring (bicyclic) bond motifs is 1. The Morgan fingerprint density at radius 2 is 1.78 bits per heavy atom. The molecule has 0 saturated carbocycles. The molecule has 0 radical (unpaired) electrons. The van der Waals surface area contributed by atoms with Gasteiger partial charge in [0.15, 0.2) is 5.60 Å². The van der Waals surface area contributed by atoms with E-state index in [4.69, 9.17) is 14.9 Å². The van der Waals surface area contributed by atoms with Crippen LogP contribution in [0.5, 0.6) is 5.88 Å². The van der Waals surface area contributed by atoms with Crippen LogP contribution in [-0.2, 0) is 14.4 Å². The first-order valence-corrected chi connectivity index (χ1v) is 6.54. The van der Waals surface area contributed by atoms with E-state index in [0.717, 1.165) is 5.39 Å². The minimum atomic E-state index is -2.74. The minimum Gasteiger partial charge on any atom is -0.481 e. The zero-order chi connectivity index (χ0) is 17.0. The lowest BCUT2D eigenvalue weighted by Crippen LogP contribution is -2.43. The highest BCUT2D eigenvalue weighted by atomic mass is 16.5. The largest absolute Gasteiger partial charge is 0.481 e. The molecular formula is C15H13NO7. The smallest absolute Gasteiger partial charge is 0.336 e. The quantitative estimate of drug-likeness (QED) is 0.666. The van der Waals surface area contributed by atoms with Gasteiger partial charge in [0.1, 0.15) is 0 Å². The molecule has 1 aromatic carbocycles. The summed E-state index contributed by atoms with van der Waals surface area (Å²) < 4.78 is 4.99. The number of nitrogens with zero attached hydrogens (tertiary/aromatic N) is 1. The van der Waals surface area contributed by atoms with Gasteiger partial charge in [-0.05, 0) is 17.5 Å². The third kappa shape index (κ3) is 3.80. The maximum absolute atomic E-state index is 11.9. The molecule has 1 unspecified atom stereocenters. The van der Waals surface area contributed by atoms with Crippen LogP contribution in [0, 0.1) is 0 Å². The number of ether oxygens (including phenoxy) is 1. The number of hydrogen-bond donors (Lipinski definition) is 3. The molecule has 2 rings (SSSR count). The van der Waals surface area contributed by atoms with Gasteiger partial charge in [0, 0.05) is 11.6 Å². The number of carbonyl (C=O) groups excluding carboxylic acids is 1. The number of esters is 1. The number of carboxylic acid groups (broad SMARTS) is 2. The van der Waals surface area contributed by atoms with Crippen LogP contribution in [0.25, 0.3) is 10.8 Å². The highest BCUT2D eigenvalue weighted by Crippen LogP contribution is 2.24. The van der Waals surface area contributed by atoms with Crippen molar-refractivity contribution in [2.45, 2.75) is 18.4 Å². The first-order chi connectivity index (χ1) is 10.8. The molecule has 8 nitrogen and oxygen atoms in total. The van der Waals surface area contributed by atoms with E-state index in [2.05, 4.69) is 4.98 Å². The summed E-state index contributed by atoms with van der Waals surface area (Å²) in [7, 11) is 0. The van der Waals surface area contributed by atoms with E-state index in [9.17, 15) is 19.5 Å². The first-order valence-electron chi connectivity index (χ1n) is 6.54. The van der Waals surface area contributed by atoms with Gasteiger partial charge in [-0.15, -0.1) is 0 Å². The molecule has 1 aromatic heterocycles. The molecule has 0 spiro atoms. The summed E-state index contributed by atoms with van der Waals surface area (Å²) in [4.78, 5) is 37.4. The van der Waals surface area contributed by atoms with Crippen LogP contribution in [0.3, 0.4) is 0 Å². The molecule has 0 aliphatic carbocycles. The van der Waals surface area contributed by atoms with E-state index in [1.165, 1.54) is 6.20 Å². The molecule has 0 aliphatic rings. The Balaban J connectivity index is 2.20. The minimum absolute atomic E-state index is 0.0452. The standard InChI is InChI=1S/C15H13NO7/c17-11(18)7-15(22,14(20)21)8-12(19)23-13-10-4-2-1-3-9(10)5-6-16-13/h1-6,22H,7-8H2,(H,17,18)(H,20,21). The van der Waals surface area contributed by atoms with Gasteiger partial charge in [-0.25, -0.2) is 9.78 Å². The van der Waals surface area contributed by atoms with Crippen molar-refractivity contribution in [2.75, 3.05) is 0 Å². The SMILES string of the molecule is O=C(O)CC(O)(CC(=O)Oc1nccc2ccccc12)C(=O)O. The van der Waals surface area contributed by atoms with Gasteiger partial charge in [0.2, 0.25) is 5.88 Å². The summed E-state index contributed by atoms with van der Waals surface area (Å²) >= 11 is 0. The van der Waals surface area contributed by atoms with Crippen LogP contribution in [0.2, 0.25) is 0 Å². The van der Waals surface area contributed by atoms with Crippen molar-refractivity contribution >= 4 is 28.7 Å². The zero-order valence-corrected chi connectivity index (χ0v) is 11.8. The number of carbonyl (C=O) groups is 3.